The van der Waals surface area contributed by atoms with Gasteiger partial charge in [-0.05, 0) is 69.2 Å². The Labute approximate surface area is 148 Å². The van der Waals surface area contributed by atoms with Crippen LogP contribution in [-0.4, -0.2) is 24.6 Å². The summed E-state index contributed by atoms with van der Waals surface area (Å²) in [7, 11) is 0. The maximum Gasteiger partial charge on any atom is 0.338 e. The van der Waals surface area contributed by atoms with Gasteiger partial charge in [0.2, 0.25) is 0 Å². The van der Waals surface area contributed by atoms with E-state index in [-0.39, 0.29) is 5.91 Å². The maximum atomic E-state index is 12.3. The van der Waals surface area contributed by atoms with Crippen LogP contribution in [0.4, 0.5) is 5.69 Å². The summed E-state index contributed by atoms with van der Waals surface area (Å²) in [6, 6.07) is 12.3. The van der Waals surface area contributed by atoms with Crippen LogP contribution >= 0.6 is 0 Å². The molecule has 25 heavy (non-hydrogen) atoms. The molecule has 1 unspecified atom stereocenters. The normalized spacial score (nSPS) is 11.5. The largest absolute Gasteiger partial charge is 0.481 e. The molecular weight excluding hydrogens is 318 g/mol. The molecule has 1 atom stereocenters. The van der Waals surface area contributed by atoms with E-state index in [1.165, 1.54) is 5.56 Å². The fourth-order valence-electron chi connectivity index (χ4n) is 2.23. The molecule has 5 heteroatoms. The Morgan fingerprint density at radius 2 is 1.84 bits per heavy atom. The minimum Gasteiger partial charge on any atom is -0.481 e. The molecule has 0 saturated carbocycles. The Balaban J connectivity index is 2.02. The lowest BCUT2D eigenvalue weighted by Gasteiger charge is -2.16. The molecule has 132 valence electrons. The van der Waals surface area contributed by atoms with Crippen molar-refractivity contribution in [2.75, 3.05) is 11.9 Å². The van der Waals surface area contributed by atoms with Gasteiger partial charge in [-0.1, -0.05) is 12.1 Å². The van der Waals surface area contributed by atoms with Crippen molar-refractivity contribution < 1.29 is 19.1 Å². The topological polar surface area (TPSA) is 64.6 Å². The van der Waals surface area contributed by atoms with Gasteiger partial charge in [-0.15, -0.1) is 0 Å². The number of anilines is 1. The summed E-state index contributed by atoms with van der Waals surface area (Å²) < 4.78 is 10.7. The fourth-order valence-corrected chi connectivity index (χ4v) is 2.23. The quantitative estimate of drug-likeness (QED) is 0.810. The lowest BCUT2D eigenvalue weighted by Crippen LogP contribution is -2.30. The van der Waals surface area contributed by atoms with Gasteiger partial charge in [-0.3, -0.25) is 4.79 Å². The molecule has 0 radical (unpaired) electrons. The highest BCUT2D eigenvalue weighted by Gasteiger charge is 2.16. The van der Waals surface area contributed by atoms with Gasteiger partial charge in [0.05, 0.1) is 12.2 Å². The zero-order valence-electron chi connectivity index (χ0n) is 15.0. The van der Waals surface area contributed by atoms with Crippen LogP contribution in [0, 0.1) is 13.8 Å². The third-order valence-electron chi connectivity index (χ3n) is 3.80. The van der Waals surface area contributed by atoms with Crippen LogP contribution in [0.2, 0.25) is 0 Å². The number of amides is 1. The molecule has 2 aromatic rings. The van der Waals surface area contributed by atoms with Crippen LogP contribution < -0.4 is 10.1 Å². The van der Waals surface area contributed by atoms with Crippen LogP contribution in [0.1, 0.15) is 35.3 Å². The van der Waals surface area contributed by atoms with E-state index < -0.39 is 12.1 Å². The van der Waals surface area contributed by atoms with Crippen LogP contribution in [0.3, 0.4) is 0 Å². The van der Waals surface area contributed by atoms with E-state index in [1.54, 1.807) is 38.1 Å². The Morgan fingerprint density at radius 1 is 1.08 bits per heavy atom. The van der Waals surface area contributed by atoms with Crippen molar-refractivity contribution in [1.82, 2.24) is 0 Å². The van der Waals surface area contributed by atoms with Crippen LogP contribution in [0.5, 0.6) is 5.75 Å². The van der Waals surface area contributed by atoms with Crippen molar-refractivity contribution in [3.8, 4) is 5.75 Å². The number of aryl methyl sites for hydroxylation is 2. The third kappa shape index (κ3) is 5.08. The number of hydrogen-bond donors (Lipinski definition) is 1. The number of benzene rings is 2. The second kappa shape index (κ2) is 8.33. The number of carbonyl (C=O) groups is 2. The first-order valence-corrected chi connectivity index (χ1v) is 8.22. The summed E-state index contributed by atoms with van der Waals surface area (Å²) in [5.74, 6) is -0.0664. The van der Waals surface area contributed by atoms with Gasteiger partial charge in [0, 0.05) is 5.69 Å². The number of hydrogen-bond acceptors (Lipinski definition) is 4. The average Bonchev–Trinajstić information content (AvgIpc) is 2.58. The molecule has 5 nitrogen and oxygen atoms in total. The number of carbonyl (C=O) groups excluding carboxylic acids is 2. The molecule has 1 N–H and O–H groups in total. The van der Waals surface area contributed by atoms with Crippen molar-refractivity contribution in [2.45, 2.75) is 33.8 Å². The van der Waals surface area contributed by atoms with Gasteiger partial charge < -0.3 is 14.8 Å². The second-order valence-corrected chi connectivity index (χ2v) is 5.80. The van der Waals surface area contributed by atoms with Crippen molar-refractivity contribution in [2.24, 2.45) is 0 Å². The Morgan fingerprint density at radius 3 is 2.52 bits per heavy atom. The van der Waals surface area contributed by atoms with Crippen molar-refractivity contribution in [3.05, 3.63) is 59.2 Å². The second-order valence-electron chi connectivity index (χ2n) is 5.80. The maximum absolute atomic E-state index is 12.3. The van der Waals surface area contributed by atoms with Gasteiger partial charge in [-0.2, -0.15) is 0 Å². The van der Waals surface area contributed by atoms with Gasteiger partial charge >= 0.3 is 5.97 Å². The summed E-state index contributed by atoms with van der Waals surface area (Å²) in [4.78, 5) is 24.1. The first-order chi connectivity index (χ1) is 11.9. The Bertz CT molecular complexity index is 770. The molecule has 0 aliphatic heterocycles. The molecule has 0 bridgehead atoms. The minimum absolute atomic E-state index is 0.292. The van der Waals surface area contributed by atoms with Gasteiger partial charge in [-0.25, -0.2) is 4.79 Å². The van der Waals surface area contributed by atoms with E-state index >= 15 is 0 Å². The summed E-state index contributed by atoms with van der Waals surface area (Å²) in [5.41, 5.74) is 3.18. The number of rotatable bonds is 6. The Kier molecular flexibility index (Phi) is 6.17. The fraction of sp³-hybridized carbons (Fsp3) is 0.300. The lowest BCUT2D eigenvalue weighted by atomic mass is 10.1. The van der Waals surface area contributed by atoms with Crippen molar-refractivity contribution in [1.29, 1.82) is 0 Å². The van der Waals surface area contributed by atoms with E-state index in [1.807, 2.05) is 32.0 Å². The smallest absolute Gasteiger partial charge is 0.338 e. The SMILES string of the molecule is CCOC(=O)c1cccc(NC(=O)C(C)Oc2ccc(C)c(C)c2)c1. The van der Waals surface area contributed by atoms with Crippen molar-refractivity contribution in [3.63, 3.8) is 0 Å². The standard InChI is InChI=1S/C20H23NO4/c1-5-24-20(23)16-7-6-8-17(12-16)21-19(22)15(4)25-18-10-9-13(2)14(3)11-18/h6-12,15H,5H2,1-4H3,(H,21,22). The van der Waals surface area contributed by atoms with E-state index in [9.17, 15) is 9.59 Å². The van der Waals surface area contributed by atoms with Gasteiger partial charge in [0.15, 0.2) is 6.10 Å². The molecule has 0 spiro atoms. The molecule has 2 rings (SSSR count). The highest BCUT2D eigenvalue weighted by Crippen LogP contribution is 2.18. The number of ether oxygens (including phenoxy) is 2. The molecular formula is C20H23NO4. The summed E-state index contributed by atoms with van der Waals surface area (Å²) in [5, 5.41) is 2.75. The first kappa shape index (κ1) is 18.5. The predicted molar refractivity (Wildman–Crippen MR) is 97.0 cm³/mol. The molecule has 0 heterocycles. The molecule has 0 aliphatic carbocycles. The van der Waals surface area contributed by atoms with Gasteiger partial charge in [0.25, 0.3) is 5.91 Å². The van der Waals surface area contributed by atoms with Gasteiger partial charge in [0.1, 0.15) is 5.75 Å². The van der Waals surface area contributed by atoms with E-state index in [0.29, 0.717) is 23.6 Å². The Hall–Kier alpha value is -2.82. The minimum atomic E-state index is -0.673. The molecule has 0 saturated heterocycles. The highest BCUT2D eigenvalue weighted by molar-refractivity contribution is 5.96. The van der Waals surface area contributed by atoms with Crippen molar-refractivity contribution >= 4 is 17.6 Å². The zero-order chi connectivity index (χ0) is 18.4. The van der Waals surface area contributed by atoms with E-state index in [4.69, 9.17) is 9.47 Å². The number of nitrogens with one attached hydrogen (secondary N) is 1. The summed E-state index contributed by atoms with van der Waals surface area (Å²) in [6.45, 7) is 7.74. The molecule has 0 aliphatic rings. The van der Waals surface area contributed by atoms with Crippen LogP contribution in [0.25, 0.3) is 0 Å². The lowest BCUT2D eigenvalue weighted by molar-refractivity contribution is -0.122. The number of esters is 1. The molecule has 1 amide bonds. The van der Waals surface area contributed by atoms with E-state index in [0.717, 1.165) is 5.56 Å². The monoisotopic (exact) mass is 341 g/mol. The van der Waals surface area contributed by atoms with E-state index in [2.05, 4.69) is 5.32 Å². The molecule has 0 fully saturated rings. The zero-order valence-corrected chi connectivity index (χ0v) is 15.0. The molecule has 2 aromatic carbocycles. The average molecular weight is 341 g/mol. The highest BCUT2D eigenvalue weighted by atomic mass is 16.5. The third-order valence-corrected chi connectivity index (χ3v) is 3.80. The molecule has 0 aromatic heterocycles. The van der Waals surface area contributed by atoms with Crippen LogP contribution in [-0.2, 0) is 9.53 Å². The first-order valence-electron chi connectivity index (χ1n) is 8.22. The predicted octanol–water partition coefficient (Wildman–Crippen LogP) is 3.89. The van der Waals surface area contributed by atoms with Crippen LogP contribution in [0.15, 0.2) is 42.5 Å². The summed E-state index contributed by atoms with van der Waals surface area (Å²) in [6.07, 6.45) is -0.673. The summed E-state index contributed by atoms with van der Waals surface area (Å²) >= 11 is 0.